The fourth-order valence-corrected chi connectivity index (χ4v) is 2.96. The number of alkyl halides is 3. The van der Waals surface area contributed by atoms with Crippen molar-refractivity contribution >= 4 is 33.7 Å². The fourth-order valence-electron chi connectivity index (χ4n) is 2.96. The monoisotopic (exact) mass is 359 g/mol. The van der Waals surface area contributed by atoms with Crippen molar-refractivity contribution in [3.05, 3.63) is 65.9 Å². The molecule has 3 aromatic rings. The second-order valence-corrected chi connectivity index (χ2v) is 5.80. The molecule has 1 aromatic heterocycles. The summed E-state index contributed by atoms with van der Waals surface area (Å²) in [6, 6.07) is 13.6. The van der Waals surface area contributed by atoms with Crippen LogP contribution in [0.5, 0.6) is 0 Å². The number of aliphatic hydroxyl groups is 1. The van der Waals surface area contributed by atoms with Crippen LogP contribution >= 0.6 is 0 Å². The molecular formula is C20H16F3NO2. The molecule has 1 heterocycles. The van der Waals surface area contributed by atoms with E-state index in [1.54, 1.807) is 0 Å². The lowest BCUT2D eigenvalue weighted by molar-refractivity contribution is -0.165. The number of hydrogen-bond acceptors (Lipinski definition) is 2. The van der Waals surface area contributed by atoms with Crippen LogP contribution in [-0.4, -0.2) is 21.6 Å². The summed E-state index contributed by atoms with van der Waals surface area (Å²) in [6.45, 7) is 2.86. The predicted octanol–water partition coefficient (Wildman–Crippen LogP) is 5.40. The lowest BCUT2D eigenvalue weighted by atomic mass is 10.1. The molecule has 0 fully saturated rings. The van der Waals surface area contributed by atoms with E-state index in [4.69, 9.17) is 0 Å². The molecule has 0 aliphatic carbocycles. The number of rotatable bonds is 4. The summed E-state index contributed by atoms with van der Waals surface area (Å²) in [5.41, 5.74) is 2.86. The molecule has 134 valence electrons. The maximum Gasteiger partial charge on any atom is 0.454 e. The Kier molecular flexibility index (Phi) is 4.59. The summed E-state index contributed by atoms with van der Waals surface area (Å²) in [4.78, 5) is 10.8. The third-order valence-corrected chi connectivity index (χ3v) is 4.12. The predicted molar refractivity (Wildman–Crippen MR) is 95.9 cm³/mol. The number of aryl methyl sites for hydroxylation is 1. The Morgan fingerprint density at radius 1 is 1.12 bits per heavy atom. The Balaban J connectivity index is 1.98. The first-order chi connectivity index (χ1) is 12.3. The number of nitrogens with zero attached hydrogens (tertiary/aromatic N) is 1. The van der Waals surface area contributed by atoms with E-state index in [0.29, 0.717) is 5.56 Å². The second-order valence-electron chi connectivity index (χ2n) is 5.80. The highest BCUT2D eigenvalue weighted by molar-refractivity contribution is 6.08. The summed E-state index contributed by atoms with van der Waals surface area (Å²) >= 11 is 0. The number of halogens is 3. The minimum absolute atomic E-state index is 0.165. The zero-order valence-corrected chi connectivity index (χ0v) is 13.9. The molecule has 0 amide bonds. The summed E-state index contributed by atoms with van der Waals surface area (Å²) in [6.07, 6.45) is -2.29. The van der Waals surface area contributed by atoms with Gasteiger partial charge in [-0.15, -0.1) is 0 Å². The van der Waals surface area contributed by atoms with Crippen molar-refractivity contribution in [1.29, 1.82) is 0 Å². The molecule has 3 rings (SSSR count). The third-order valence-electron chi connectivity index (χ3n) is 4.12. The average Bonchev–Trinajstić information content (AvgIpc) is 2.92. The minimum atomic E-state index is -5.00. The van der Waals surface area contributed by atoms with Crippen LogP contribution in [0, 0.1) is 0 Å². The number of ketones is 1. The number of fused-ring (bicyclic) bond motifs is 3. The number of aliphatic hydroxyl groups excluding tert-OH is 1. The van der Waals surface area contributed by atoms with E-state index >= 15 is 0 Å². The molecule has 0 radical (unpaired) electrons. The SMILES string of the molecule is CCn1c2ccccc2c2cc(/C=C/C(O)=C/C(=O)C(F)(F)F)ccc21. The van der Waals surface area contributed by atoms with Crippen molar-refractivity contribution < 1.29 is 23.1 Å². The topological polar surface area (TPSA) is 42.2 Å². The lowest BCUT2D eigenvalue weighted by Gasteiger charge is -2.03. The van der Waals surface area contributed by atoms with Crippen LogP contribution in [0.2, 0.25) is 0 Å². The molecule has 0 spiro atoms. The summed E-state index contributed by atoms with van der Waals surface area (Å²) in [5.74, 6) is -2.84. The molecule has 0 atom stereocenters. The summed E-state index contributed by atoms with van der Waals surface area (Å²) < 4.78 is 38.8. The van der Waals surface area contributed by atoms with Crippen LogP contribution in [0.15, 0.2) is 60.4 Å². The third kappa shape index (κ3) is 3.35. The largest absolute Gasteiger partial charge is 0.508 e. The first kappa shape index (κ1) is 17.8. The minimum Gasteiger partial charge on any atom is -0.508 e. The molecule has 6 heteroatoms. The normalized spacial score (nSPS) is 13.2. The molecule has 3 nitrogen and oxygen atoms in total. The summed E-state index contributed by atoms with van der Waals surface area (Å²) in [5, 5.41) is 11.6. The van der Waals surface area contributed by atoms with E-state index in [-0.39, 0.29) is 6.08 Å². The van der Waals surface area contributed by atoms with E-state index in [9.17, 15) is 23.1 Å². The smallest absolute Gasteiger partial charge is 0.454 e. The van der Waals surface area contributed by atoms with Gasteiger partial charge in [0.2, 0.25) is 0 Å². The quantitative estimate of drug-likeness (QED) is 0.385. The van der Waals surface area contributed by atoms with E-state index in [0.717, 1.165) is 34.4 Å². The van der Waals surface area contributed by atoms with Gasteiger partial charge in [-0.05, 0) is 36.8 Å². The number of para-hydroxylation sites is 1. The van der Waals surface area contributed by atoms with Crippen molar-refractivity contribution in [3.63, 3.8) is 0 Å². The van der Waals surface area contributed by atoms with E-state index < -0.39 is 17.7 Å². The standard InChI is InChI=1S/C20H16F3NO2/c1-2-24-17-6-4-3-5-15(17)16-11-13(8-10-18(16)24)7-9-14(25)12-19(26)20(21,22)23/h3-12,25H,2H2,1H3/b9-7+,14-12-. The zero-order chi connectivity index (χ0) is 18.9. The van der Waals surface area contributed by atoms with Crippen molar-refractivity contribution in [2.45, 2.75) is 19.6 Å². The van der Waals surface area contributed by atoms with E-state index in [1.165, 1.54) is 6.08 Å². The second kappa shape index (κ2) is 6.71. The van der Waals surface area contributed by atoms with Crippen LogP contribution in [0.25, 0.3) is 27.9 Å². The first-order valence-electron chi connectivity index (χ1n) is 8.02. The van der Waals surface area contributed by atoms with Crippen molar-refractivity contribution in [3.8, 4) is 0 Å². The first-order valence-corrected chi connectivity index (χ1v) is 8.02. The number of allylic oxidation sites excluding steroid dienone is 2. The Bertz CT molecular complexity index is 1040. The highest BCUT2D eigenvalue weighted by atomic mass is 19.4. The van der Waals surface area contributed by atoms with Gasteiger partial charge in [0.25, 0.3) is 5.78 Å². The van der Waals surface area contributed by atoms with E-state index in [2.05, 4.69) is 11.5 Å². The van der Waals surface area contributed by atoms with Crippen LogP contribution in [0.4, 0.5) is 13.2 Å². The lowest BCUT2D eigenvalue weighted by Crippen LogP contribution is -2.20. The van der Waals surface area contributed by atoms with Gasteiger partial charge in [-0.2, -0.15) is 13.2 Å². The van der Waals surface area contributed by atoms with Gasteiger partial charge in [-0.3, -0.25) is 4.79 Å². The van der Waals surface area contributed by atoms with Gasteiger partial charge < -0.3 is 9.67 Å². The zero-order valence-electron chi connectivity index (χ0n) is 13.9. The van der Waals surface area contributed by atoms with Crippen molar-refractivity contribution in [2.24, 2.45) is 0 Å². The molecule has 0 aliphatic heterocycles. The summed E-state index contributed by atoms with van der Waals surface area (Å²) in [7, 11) is 0. The maximum absolute atomic E-state index is 12.2. The van der Waals surface area contributed by atoms with Gasteiger partial charge in [0, 0.05) is 34.4 Å². The molecule has 1 N–H and O–H groups in total. The van der Waals surface area contributed by atoms with Gasteiger partial charge in [-0.25, -0.2) is 0 Å². The highest BCUT2D eigenvalue weighted by Crippen LogP contribution is 2.30. The van der Waals surface area contributed by atoms with Gasteiger partial charge in [0.15, 0.2) is 0 Å². The number of benzene rings is 2. The molecule has 0 unspecified atom stereocenters. The molecule has 0 bridgehead atoms. The number of carbonyl (C=O) groups is 1. The molecule has 0 aliphatic rings. The van der Waals surface area contributed by atoms with Crippen LogP contribution in [-0.2, 0) is 11.3 Å². The van der Waals surface area contributed by atoms with Crippen LogP contribution in [0.3, 0.4) is 0 Å². The van der Waals surface area contributed by atoms with Crippen molar-refractivity contribution in [2.75, 3.05) is 0 Å². The Hall–Kier alpha value is -3.02. The fraction of sp³-hybridized carbons (Fsp3) is 0.150. The maximum atomic E-state index is 12.2. The number of hydrogen-bond donors (Lipinski definition) is 1. The van der Waals surface area contributed by atoms with Gasteiger partial charge >= 0.3 is 6.18 Å². The molecule has 0 saturated heterocycles. The van der Waals surface area contributed by atoms with Crippen molar-refractivity contribution in [1.82, 2.24) is 4.57 Å². The number of carbonyl (C=O) groups excluding carboxylic acids is 1. The number of aromatic nitrogens is 1. The Labute approximate surface area is 147 Å². The van der Waals surface area contributed by atoms with Gasteiger partial charge in [-0.1, -0.05) is 30.3 Å². The van der Waals surface area contributed by atoms with E-state index in [1.807, 2.05) is 42.5 Å². The van der Waals surface area contributed by atoms with Crippen LogP contribution in [0.1, 0.15) is 12.5 Å². The van der Waals surface area contributed by atoms with Crippen LogP contribution < -0.4 is 0 Å². The Morgan fingerprint density at radius 2 is 1.81 bits per heavy atom. The highest BCUT2D eigenvalue weighted by Gasteiger charge is 2.36. The average molecular weight is 359 g/mol. The van der Waals surface area contributed by atoms with Gasteiger partial charge in [0.1, 0.15) is 5.76 Å². The molecule has 2 aromatic carbocycles. The molecular weight excluding hydrogens is 343 g/mol. The molecule has 26 heavy (non-hydrogen) atoms. The van der Waals surface area contributed by atoms with Gasteiger partial charge in [0.05, 0.1) is 0 Å². The molecule has 0 saturated carbocycles. The Morgan fingerprint density at radius 3 is 2.50 bits per heavy atom.